The Morgan fingerprint density at radius 1 is 0.938 bits per heavy atom. The molecule has 0 spiro atoms. The molecule has 0 saturated heterocycles. The van der Waals surface area contributed by atoms with Crippen LogP contribution < -0.4 is 0 Å². The molecule has 0 heterocycles. The van der Waals surface area contributed by atoms with Crippen LogP contribution in [-0.4, -0.2) is 37.7 Å². The minimum absolute atomic E-state index is 0.760. The first-order valence-corrected chi connectivity index (χ1v) is 11.8. The molecule has 0 unspecified atom stereocenters. The van der Waals surface area contributed by atoms with Gasteiger partial charge in [0.2, 0.25) is 0 Å². The maximum Gasteiger partial charge on any atom is 0.500 e. The van der Waals surface area contributed by atoms with Crippen LogP contribution in [0.4, 0.5) is 0 Å². The van der Waals surface area contributed by atoms with Gasteiger partial charge in [-0.1, -0.05) is 39.0 Å². The van der Waals surface area contributed by atoms with Crippen molar-refractivity contribution in [3.63, 3.8) is 0 Å². The molecule has 0 bridgehead atoms. The first kappa shape index (κ1) is 16.3. The van der Waals surface area contributed by atoms with Gasteiger partial charge in [0.1, 0.15) is 0 Å². The van der Waals surface area contributed by atoms with Gasteiger partial charge in [-0.3, -0.25) is 0 Å². The van der Waals surface area contributed by atoms with E-state index in [1.54, 1.807) is 14.2 Å². The molecular weight excluding hydrogens is 236 g/mol. The molecule has 0 saturated carbocycles. The van der Waals surface area contributed by atoms with E-state index in [1.165, 1.54) is 6.04 Å². The first-order chi connectivity index (χ1) is 7.39. The second kappa shape index (κ2) is 7.60. The largest absolute Gasteiger partial charge is 0.500 e. The lowest BCUT2D eigenvalue weighted by Crippen LogP contribution is -2.45. The molecule has 0 aromatic rings. The first-order valence-electron chi connectivity index (χ1n) is 6.13. The lowest BCUT2D eigenvalue weighted by Gasteiger charge is -2.28. The molecule has 0 rings (SSSR count). The van der Waals surface area contributed by atoms with Crippen LogP contribution in [0.25, 0.3) is 0 Å². The highest BCUT2D eigenvalue weighted by Crippen LogP contribution is 2.22. The molecule has 0 aliphatic heterocycles. The van der Waals surface area contributed by atoms with Gasteiger partial charge in [0, 0.05) is 34.9 Å². The van der Waals surface area contributed by atoms with Gasteiger partial charge in [-0.2, -0.15) is 0 Å². The summed E-state index contributed by atoms with van der Waals surface area (Å²) < 4.78 is 17.0. The van der Waals surface area contributed by atoms with Gasteiger partial charge in [0.15, 0.2) is 0 Å². The van der Waals surface area contributed by atoms with Crippen molar-refractivity contribution in [3.05, 3.63) is 0 Å². The van der Waals surface area contributed by atoms with Gasteiger partial charge >= 0.3 is 8.80 Å². The topological polar surface area (TPSA) is 27.7 Å². The second-order valence-corrected chi connectivity index (χ2v) is 13.9. The zero-order valence-corrected chi connectivity index (χ0v) is 13.8. The van der Waals surface area contributed by atoms with Gasteiger partial charge in [-0.05, 0) is 6.42 Å². The van der Waals surface area contributed by atoms with E-state index in [9.17, 15) is 0 Å². The highest BCUT2D eigenvalue weighted by atomic mass is 28.4. The molecule has 0 atom stereocenters. The summed E-state index contributed by atoms with van der Waals surface area (Å²) in [5, 5.41) is 0. The highest BCUT2D eigenvalue weighted by Gasteiger charge is 2.39. The third-order valence-electron chi connectivity index (χ3n) is 2.62. The van der Waals surface area contributed by atoms with Crippen LogP contribution in [0.2, 0.25) is 31.7 Å². The van der Waals surface area contributed by atoms with Gasteiger partial charge < -0.3 is 13.3 Å². The molecule has 3 nitrogen and oxygen atoms in total. The van der Waals surface area contributed by atoms with Gasteiger partial charge in [0.05, 0.1) is 0 Å². The summed E-state index contributed by atoms with van der Waals surface area (Å²) in [6.45, 7) is 10.0. The minimum Gasteiger partial charge on any atom is -0.377 e. The minimum atomic E-state index is -2.36. The molecule has 0 fully saturated rings. The summed E-state index contributed by atoms with van der Waals surface area (Å²) in [7, 11) is 0.0203. The van der Waals surface area contributed by atoms with E-state index in [-0.39, 0.29) is 0 Å². The van der Waals surface area contributed by atoms with Crippen molar-refractivity contribution in [1.82, 2.24) is 0 Å². The molecule has 0 amide bonds. The molecular formula is C11H28O3Si2. The summed E-state index contributed by atoms with van der Waals surface area (Å²) in [5.41, 5.74) is 0. The number of hydrogen-bond donors (Lipinski definition) is 0. The van der Waals surface area contributed by atoms with Crippen LogP contribution in [0.5, 0.6) is 0 Å². The van der Waals surface area contributed by atoms with E-state index in [0.717, 1.165) is 25.5 Å². The molecule has 0 radical (unpaired) electrons. The Balaban J connectivity index is 4.20. The smallest absolute Gasteiger partial charge is 0.377 e. The van der Waals surface area contributed by atoms with Crippen LogP contribution in [-0.2, 0) is 13.3 Å². The molecule has 0 N–H and O–H groups in total. The Labute approximate surface area is 103 Å². The zero-order valence-electron chi connectivity index (χ0n) is 11.8. The van der Waals surface area contributed by atoms with E-state index in [1.807, 2.05) is 0 Å². The maximum absolute atomic E-state index is 5.88. The van der Waals surface area contributed by atoms with Crippen molar-refractivity contribution >= 4 is 16.9 Å². The molecule has 0 aliphatic carbocycles. The third-order valence-corrected chi connectivity index (χ3v) is 7.62. The van der Waals surface area contributed by atoms with Crippen LogP contribution >= 0.6 is 0 Å². The van der Waals surface area contributed by atoms with Crippen molar-refractivity contribution in [2.24, 2.45) is 0 Å². The zero-order chi connectivity index (χ0) is 12.7. The molecule has 0 aromatic heterocycles. The predicted molar refractivity (Wildman–Crippen MR) is 73.6 cm³/mol. The van der Waals surface area contributed by atoms with Crippen LogP contribution in [0.1, 0.15) is 19.8 Å². The second-order valence-electron chi connectivity index (χ2n) is 5.35. The Hall–Kier alpha value is 0.314. The van der Waals surface area contributed by atoms with Crippen molar-refractivity contribution in [3.8, 4) is 0 Å². The fourth-order valence-electron chi connectivity index (χ4n) is 1.38. The summed E-state index contributed by atoms with van der Waals surface area (Å²) in [4.78, 5) is 0. The Bertz CT molecular complexity index is 177. The van der Waals surface area contributed by atoms with Crippen molar-refractivity contribution < 1.29 is 13.3 Å². The summed E-state index contributed by atoms with van der Waals surface area (Å²) in [6, 6.07) is 2.16. The Kier molecular flexibility index (Phi) is 7.75. The maximum atomic E-state index is 5.88. The lowest BCUT2D eigenvalue weighted by molar-refractivity contribution is 0.0981. The van der Waals surface area contributed by atoms with E-state index in [2.05, 4.69) is 26.6 Å². The van der Waals surface area contributed by atoms with Gasteiger partial charge in [-0.25, -0.2) is 0 Å². The molecule has 5 heteroatoms. The normalized spacial score (nSPS) is 13.1. The average molecular weight is 265 g/mol. The van der Waals surface area contributed by atoms with E-state index >= 15 is 0 Å². The average Bonchev–Trinajstić information content (AvgIpc) is 2.23. The van der Waals surface area contributed by atoms with Crippen molar-refractivity contribution in [2.75, 3.05) is 20.8 Å². The molecule has 0 aromatic carbocycles. The Morgan fingerprint density at radius 3 is 1.88 bits per heavy atom. The van der Waals surface area contributed by atoms with Gasteiger partial charge in [0.25, 0.3) is 0 Å². The molecule has 0 aliphatic rings. The van der Waals surface area contributed by atoms with Crippen molar-refractivity contribution in [1.29, 1.82) is 0 Å². The summed E-state index contributed by atoms with van der Waals surface area (Å²) in [5.74, 6) is 0. The van der Waals surface area contributed by atoms with E-state index < -0.39 is 16.9 Å². The number of rotatable bonds is 9. The summed E-state index contributed by atoms with van der Waals surface area (Å²) in [6.07, 6.45) is 2.22. The molecule has 16 heavy (non-hydrogen) atoms. The molecule has 98 valence electrons. The fraction of sp³-hybridized carbons (Fsp3) is 1.00. The Morgan fingerprint density at radius 2 is 1.50 bits per heavy atom. The fourth-order valence-corrected chi connectivity index (χ4v) is 7.01. The van der Waals surface area contributed by atoms with Crippen molar-refractivity contribution in [2.45, 2.75) is 51.5 Å². The van der Waals surface area contributed by atoms with Crippen LogP contribution in [0, 0.1) is 0 Å². The van der Waals surface area contributed by atoms with E-state index in [0.29, 0.717) is 0 Å². The number of unbranched alkanes of at least 4 members (excludes halogenated alkanes) is 1. The van der Waals surface area contributed by atoms with Gasteiger partial charge in [-0.15, -0.1) is 0 Å². The summed E-state index contributed by atoms with van der Waals surface area (Å²) >= 11 is 0. The predicted octanol–water partition coefficient (Wildman–Crippen LogP) is 3.37. The van der Waals surface area contributed by atoms with E-state index in [4.69, 9.17) is 13.3 Å². The third kappa shape index (κ3) is 6.80. The SMILES string of the molecule is CCCCO[Si](CC[Si](C)(C)C)(OC)OC. The van der Waals surface area contributed by atoms with Crippen LogP contribution in [0.3, 0.4) is 0 Å². The van der Waals surface area contributed by atoms with Crippen LogP contribution in [0.15, 0.2) is 0 Å². The standard InChI is InChI=1S/C11H28O3Si2/c1-7-8-9-14-16(12-2,13-3)11-10-15(4,5)6/h7-11H2,1-6H3. The number of hydrogen-bond acceptors (Lipinski definition) is 3. The quantitative estimate of drug-likeness (QED) is 0.472. The lowest BCUT2D eigenvalue weighted by atomic mass is 10.4. The monoisotopic (exact) mass is 264 g/mol. The highest BCUT2D eigenvalue weighted by molar-refractivity contribution is 6.77.